The first-order valence-electron chi connectivity index (χ1n) is 8.29. The average molecular weight is 330 g/mol. The van der Waals surface area contributed by atoms with Crippen molar-refractivity contribution in [3.05, 3.63) is 60.4 Å². The van der Waals surface area contributed by atoms with Crippen LogP contribution in [0.5, 0.6) is 5.75 Å². The Balaban J connectivity index is 1.41. The van der Waals surface area contributed by atoms with Crippen molar-refractivity contribution >= 4 is 5.69 Å². The molecule has 0 spiro atoms. The van der Waals surface area contributed by atoms with Gasteiger partial charge in [-0.25, -0.2) is 4.39 Å². The first-order chi connectivity index (χ1) is 11.7. The van der Waals surface area contributed by atoms with Crippen LogP contribution in [0.15, 0.2) is 54.6 Å². The van der Waals surface area contributed by atoms with Gasteiger partial charge in [-0.3, -0.25) is 4.90 Å². The lowest BCUT2D eigenvalue weighted by atomic mass is 10.2. The molecule has 1 atom stereocenters. The van der Waals surface area contributed by atoms with Crippen molar-refractivity contribution in [3.8, 4) is 5.75 Å². The van der Waals surface area contributed by atoms with E-state index in [9.17, 15) is 9.50 Å². The minimum absolute atomic E-state index is 0.209. The average Bonchev–Trinajstić information content (AvgIpc) is 2.62. The summed E-state index contributed by atoms with van der Waals surface area (Å²) in [4.78, 5) is 4.47. The highest BCUT2D eigenvalue weighted by Crippen LogP contribution is 2.17. The van der Waals surface area contributed by atoms with Gasteiger partial charge in [0.25, 0.3) is 0 Å². The molecule has 1 fully saturated rings. The van der Waals surface area contributed by atoms with Crippen LogP contribution < -0.4 is 9.64 Å². The van der Waals surface area contributed by atoms with E-state index in [0.717, 1.165) is 37.6 Å². The molecule has 128 valence electrons. The monoisotopic (exact) mass is 330 g/mol. The number of hydrogen-bond acceptors (Lipinski definition) is 4. The molecule has 1 heterocycles. The number of rotatable bonds is 6. The van der Waals surface area contributed by atoms with E-state index in [4.69, 9.17) is 4.74 Å². The maximum Gasteiger partial charge on any atom is 0.123 e. The molecule has 1 aliphatic heterocycles. The Labute approximate surface area is 142 Å². The van der Waals surface area contributed by atoms with Gasteiger partial charge < -0.3 is 14.7 Å². The highest BCUT2D eigenvalue weighted by molar-refractivity contribution is 5.46. The van der Waals surface area contributed by atoms with E-state index in [1.54, 1.807) is 0 Å². The van der Waals surface area contributed by atoms with Crippen molar-refractivity contribution in [3.63, 3.8) is 0 Å². The summed E-state index contributed by atoms with van der Waals surface area (Å²) < 4.78 is 18.6. The molecule has 4 nitrogen and oxygen atoms in total. The lowest BCUT2D eigenvalue weighted by Gasteiger charge is -2.36. The number of para-hydroxylation sites is 1. The van der Waals surface area contributed by atoms with E-state index < -0.39 is 6.10 Å². The van der Waals surface area contributed by atoms with Crippen LogP contribution in [-0.2, 0) is 0 Å². The predicted octanol–water partition coefficient (Wildman–Crippen LogP) is 2.39. The van der Waals surface area contributed by atoms with E-state index in [1.165, 1.54) is 12.1 Å². The second-order valence-corrected chi connectivity index (χ2v) is 6.04. The zero-order valence-corrected chi connectivity index (χ0v) is 13.6. The van der Waals surface area contributed by atoms with Gasteiger partial charge in [0.15, 0.2) is 0 Å². The van der Waals surface area contributed by atoms with Crippen LogP contribution in [0.2, 0.25) is 0 Å². The SMILES string of the molecule is OC(COc1ccccc1)CN1CCN(c2ccc(F)cc2)CC1. The van der Waals surface area contributed by atoms with Gasteiger partial charge in [-0.05, 0) is 36.4 Å². The second kappa shape index (κ2) is 8.13. The maximum absolute atomic E-state index is 13.0. The summed E-state index contributed by atoms with van der Waals surface area (Å²) in [7, 11) is 0. The van der Waals surface area contributed by atoms with E-state index >= 15 is 0 Å². The Kier molecular flexibility index (Phi) is 5.67. The van der Waals surface area contributed by atoms with E-state index in [0.29, 0.717) is 13.2 Å². The van der Waals surface area contributed by atoms with Crippen LogP contribution in [0.25, 0.3) is 0 Å². The fraction of sp³-hybridized carbons (Fsp3) is 0.368. The molecule has 0 radical (unpaired) electrons. The number of aliphatic hydroxyl groups excluding tert-OH is 1. The molecule has 1 aliphatic rings. The molecular formula is C19H23FN2O2. The third-order valence-corrected chi connectivity index (χ3v) is 4.22. The zero-order chi connectivity index (χ0) is 16.8. The summed E-state index contributed by atoms with van der Waals surface area (Å²) in [5.74, 6) is 0.566. The van der Waals surface area contributed by atoms with Crippen LogP contribution in [0.3, 0.4) is 0 Å². The number of hydrogen-bond donors (Lipinski definition) is 1. The Morgan fingerprint density at radius 3 is 2.29 bits per heavy atom. The van der Waals surface area contributed by atoms with Crippen molar-refractivity contribution in [1.82, 2.24) is 4.90 Å². The molecule has 0 aromatic heterocycles. The lowest BCUT2D eigenvalue weighted by molar-refractivity contribution is 0.0663. The first kappa shape index (κ1) is 16.7. The largest absolute Gasteiger partial charge is 0.491 e. The fourth-order valence-electron chi connectivity index (χ4n) is 2.90. The van der Waals surface area contributed by atoms with Crippen molar-refractivity contribution in [2.45, 2.75) is 6.10 Å². The zero-order valence-electron chi connectivity index (χ0n) is 13.6. The van der Waals surface area contributed by atoms with Crippen LogP contribution in [-0.4, -0.2) is 55.4 Å². The molecule has 5 heteroatoms. The van der Waals surface area contributed by atoms with Gasteiger partial charge >= 0.3 is 0 Å². The minimum atomic E-state index is -0.512. The number of anilines is 1. The molecule has 3 rings (SSSR count). The van der Waals surface area contributed by atoms with Crippen LogP contribution in [0.1, 0.15) is 0 Å². The highest BCUT2D eigenvalue weighted by Gasteiger charge is 2.19. The lowest BCUT2D eigenvalue weighted by Crippen LogP contribution is -2.49. The summed E-state index contributed by atoms with van der Waals surface area (Å²) in [6, 6.07) is 16.1. The molecule has 0 bridgehead atoms. The normalized spacial score (nSPS) is 16.8. The first-order valence-corrected chi connectivity index (χ1v) is 8.29. The third-order valence-electron chi connectivity index (χ3n) is 4.22. The number of nitrogens with zero attached hydrogens (tertiary/aromatic N) is 2. The number of ether oxygens (including phenoxy) is 1. The fourth-order valence-corrected chi connectivity index (χ4v) is 2.90. The maximum atomic E-state index is 13.0. The number of piperazine rings is 1. The molecule has 2 aromatic rings. The smallest absolute Gasteiger partial charge is 0.123 e. The molecular weight excluding hydrogens is 307 g/mol. The van der Waals surface area contributed by atoms with Gasteiger partial charge in [-0.15, -0.1) is 0 Å². The van der Waals surface area contributed by atoms with Crippen LogP contribution in [0.4, 0.5) is 10.1 Å². The third kappa shape index (κ3) is 4.69. The molecule has 1 unspecified atom stereocenters. The van der Waals surface area contributed by atoms with E-state index in [2.05, 4.69) is 9.80 Å². The van der Waals surface area contributed by atoms with Crippen molar-refractivity contribution in [2.75, 3.05) is 44.2 Å². The molecule has 0 amide bonds. The Morgan fingerprint density at radius 1 is 0.958 bits per heavy atom. The number of aliphatic hydroxyl groups is 1. The number of halogens is 1. The van der Waals surface area contributed by atoms with Gasteiger partial charge in [0.2, 0.25) is 0 Å². The minimum Gasteiger partial charge on any atom is -0.491 e. The Bertz CT molecular complexity index is 613. The summed E-state index contributed by atoms with van der Waals surface area (Å²) in [5.41, 5.74) is 1.05. The Morgan fingerprint density at radius 2 is 1.62 bits per heavy atom. The summed E-state index contributed by atoms with van der Waals surface area (Å²) in [5, 5.41) is 10.2. The number of benzene rings is 2. The van der Waals surface area contributed by atoms with Crippen molar-refractivity contribution in [2.24, 2.45) is 0 Å². The predicted molar refractivity (Wildman–Crippen MR) is 93.0 cm³/mol. The summed E-state index contributed by atoms with van der Waals surface area (Å²) >= 11 is 0. The standard InChI is InChI=1S/C19H23FN2O2/c20-16-6-8-17(9-7-16)22-12-10-21(11-13-22)14-18(23)15-24-19-4-2-1-3-5-19/h1-9,18,23H,10-15H2. The van der Waals surface area contributed by atoms with Gasteiger partial charge in [0.1, 0.15) is 24.3 Å². The van der Waals surface area contributed by atoms with Crippen molar-refractivity contribution in [1.29, 1.82) is 0 Å². The molecule has 0 saturated carbocycles. The Hall–Kier alpha value is -2.11. The summed E-state index contributed by atoms with van der Waals surface area (Å²) in [6.45, 7) is 4.39. The molecule has 24 heavy (non-hydrogen) atoms. The van der Waals surface area contributed by atoms with Crippen molar-refractivity contribution < 1.29 is 14.2 Å². The van der Waals surface area contributed by atoms with E-state index in [1.807, 2.05) is 42.5 Å². The summed E-state index contributed by atoms with van der Waals surface area (Å²) in [6.07, 6.45) is -0.512. The van der Waals surface area contributed by atoms with Crippen LogP contribution in [0, 0.1) is 5.82 Å². The van der Waals surface area contributed by atoms with Gasteiger partial charge in [-0.1, -0.05) is 18.2 Å². The highest BCUT2D eigenvalue weighted by atomic mass is 19.1. The quantitative estimate of drug-likeness (QED) is 0.882. The number of β-amino-alcohol motifs (C(OH)–C–C–N with tert-alkyl or cyclic N) is 1. The molecule has 1 N–H and O–H groups in total. The van der Waals surface area contributed by atoms with Crippen LogP contribution >= 0.6 is 0 Å². The second-order valence-electron chi connectivity index (χ2n) is 6.04. The van der Waals surface area contributed by atoms with Gasteiger partial charge in [-0.2, -0.15) is 0 Å². The van der Waals surface area contributed by atoms with Gasteiger partial charge in [0.05, 0.1) is 0 Å². The molecule has 1 saturated heterocycles. The topological polar surface area (TPSA) is 35.9 Å². The molecule has 0 aliphatic carbocycles. The van der Waals surface area contributed by atoms with Gasteiger partial charge in [0, 0.05) is 38.4 Å². The molecule has 2 aromatic carbocycles. The van der Waals surface area contributed by atoms with E-state index in [-0.39, 0.29) is 5.82 Å².